The molecule has 0 aliphatic carbocycles. The molecule has 19 heavy (non-hydrogen) atoms. The Bertz CT molecular complexity index is 371. The second-order valence-corrected chi connectivity index (χ2v) is 5.66. The van der Waals surface area contributed by atoms with E-state index in [1.54, 1.807) is 7.11 Å². The molecule has 0 amide bonds. The molecule has 4 heteroatoms. The molecule has 0 aliphatic rings. The van der Waals surface area contributed by atoms with E-state index in [1.165, 1.54) is 32.1 Å². The highest BCUT2D eigenvalue weighted by Crippen LogP contribution is 2.30. The highest BCUT2D eigenvalue weighted by molar-refractivity contribution is 9.10. The van der Waals surface area contributed by atoms with Gasteiger partial charge in [0.1, 0.15) is 5.75 Å². The highest BCUT2D eigenvalue weighted by Gasteiger charge is 2.13. The summed E-state index contributed by atoms with van der Waals surface area (Å²) >= 11 is 3.58. The SMILES string of the molecule is CCCCCCCC(NN)c1cc(OC)ccc1Br. The number of unbranched alkanes of at least 4 members (excludes halogenated alkanes) is 4. The van der Waals surface area contributed by atoms with Crippen molar-refractivity contribution in [3.8, 4) is 5.75 Å². The van der Waals surface area contributed by atoms with Gasteiger partial charge in [0.15, 0.2) is 0 Å². The zero-order valence-electron chi connectivity index (χ0n) is 11.9. The fourth-order valence-corrected chi connectivity index (χ4v) is 2.72. The van der Waals surface area contributed by atoms with E-state index in [0.29, 0.717) is 0 Å². The van der Waals surface area contributed by atoms with Gasteiger partial charge in [-0.15, -0.1) is 0 Å². The summed E-state index contributed by atoms with van der Waals surface area (Å²) in [6, 6.07) is 6.17. The van der Waals surface area contributed by atoms with Crippen molar-refractivity contribution in [3.05, 3.63) is 28.2 Å². The van der Waals surface area contributed by atoms with Crippen molar-refractivity contribution >= 4 is 15.9 Å². The van der Waals surface area contributed by atoms with E-state index >= 15 is 0 Å². The van der Waals surface area contributed by atoms with Gasteiger partial charge in [-0.25, -0.2) is 0 Å². The zero-order chi connectivity index (χ0) is 14.1. The van der Waals surface area contributed by atoms with Crippen LogP contribution in [-0.2, 0) is 0 Å². The molecular formula is C15H25BrN2O. The summed E-state index contributed by atoms with van der Waals surface area (Å²) in [5.41, 5.74) is 4.08. The van der Waals surface area contributed by atoms with Crippen LogP contribution in [0.5, 0.6) is 5.75 Å². The molecule has 0 saturated heterocycles. The van der Waals surface area contributed by atoms with Crippen LogP contribution in [-0.4, -0.2) is 7.11 Å². The molecule has 0 radical (unpaired) electrons. The van der Waals surface area contributed by atoms with Crippen molar-refractivity contribution in [1.82, 2.24) is 5.43 Å². The molecule has 3 nitrogen and oxygen atoms in total. The first-order chi connectivity index (χ1) is 9.22. The van der Waals surface area contributed by atoms with Crippen LogP contribution in [0.2, 0.25) is 0 Å². The van der Waals surface area contributed by atoms with E-state index in [2.05, 4.69) is 28.3 Å². The van der Waals surface area contributed by atoms with Crippen LogP contribution in [0, 0.1) is 0 Å². The molecule has 1 aromatic carbocycles. The molecule has 3 N–H and O–H groups in total. The summed E-state index contributed by atoms with van der Waals surface area (Å²) in [4.78, 5) is 0. The average Bonchev–Trinajstić information content (AvgIpc) is 2.44. The van der Waals surface area contributed by atoms with Gasteiger partial charge in [-0.1, -0.05) is 55.0 Å². The summed E-state index contributed by atoms with van der Waals surface area (Å²) in [5, 5.41) is 0. The molecule has 108 valence electrons. The van der Waals surface area contributed by atoms with E-state index in [0.717, 1.165) is 22.2 Å². The summed E-state index contributed by atoms with van der Waals surface area (Å²) in [5.74, 6) is 6.56. The monoisotopic (exact) mass is 328 g/mol. The first-order valence-electron chi connectivity index (χ1n) is 7.02. The normalized spacial score (nSPS) is 12.4. The van der Waals surface area contributed by atoms with Crippen LogP contribution in [0.15, 0.2) is 22.7 Å². The fourth-order valence-electron chi connectivity index (χ4n) is 2.20. The highest BCUT2D eigenvalue weighted by atomic mass is 79.9. The number of nitrogens with one attached hydrogen (secondary N) is 1. The summed E-state index contributed by atoms with van der Waals surface area (Å²) in [7, 11) is 1.68. The third-order valence-electron chi connectivity index (χ3n) is 3.38. The van der Waals surface area contributed by atoms with Crippen molar-refractivity contribution in [2.75, 3.05) is 7.11 Å². The lowest BCUT2D eigenvalue weighted by molar-refractivity contribution is 0.411. The van der Waals surface area contributed by atoms with Crippen LogP contribution >= 0.6 is 15.9 Å². The van der Waals surface area contributed by atoms with Gasteiger partial charge in [0.05, 0.1) is 7.11 Å². The minimum Gasteiger partial charge on any atom is -0.497 e. The quantitative estimate of drug-likeness (QED) is 0.403. The second-order valence-electron chi connectivity index (χ2n) is 4.81. The fraction of sp³-hybridized carbons (Fsp3) is 0.600. The molecule has 0 aliphatic heterocycles. The van der Waals surface area contributed by atoms with Gasteiger partial charge in [0.25, 0.3) is 0 Å². The summed E-state index contributed by atoms with van der Waals surface area (Å²) < 4.78 is 6.35. The van der Waals surface area contributed by atoms with Gasteiger partial charge in [-0.05, 0) is 30.2 Å². The first-order valence-corrected chi connectivity index (χ1v) is 7.81. The number of benzene rings is 1. The Morgan fingerprint density at radius 1 is 1.26 bits per heavy atom. The molecule has 1 unspecified atom stereocenters. The predicted molar refractivity (Wildman–Crippen MR) is 84.1 cm³/mol. The molecule has 0 bridgehead atoms. The Kier molecular flexibility index (Phi) is 8.10. The number of hydrogen-bond donors (Lipinski definition) is 2. The van der Waals surface area contributed by atoms with Gasteiger partial charge in [0, 0.05) is 10.5 Å². The van der Waals surface area contributed by atoms with Gasteiger partial charge < -0.3 is 4.74 Å². The molecule has 0 aromatic heterocycles. The van der Waals surface area contributed by atoms with Gasteiger partial charge in [0.2, 0.25) is 0 Å². The standard InChI is InChI=1S/C15H25BrN2O/c1-3-4-5-6-7-8-15(18-17)13-11-12(19-2)9-10-14(13)16/h9-11,15,18H,3-8,17H2,1-2H3. The minimum absolute atomic E-state index is 0.172. The van der Waals surface area contributed by atoms with E-state index in [-0.39, 0.29) is 6.04 Å². The number of halogens is 1. The largest absolute Gasteiger partial charge is 0.497 e. The molecule has 1 rings (SSSR count). The van der Waals surface area contributed by atoms with Gasteiger partial charge in [-0.3, -0.25) is 11.3 Å². The molecule has 1 aromatic rings. The van der Waals surface area contributed by atoms with E-state index in [4.69, 9.17) is 10.6 Å². The summed E-state index contributed by atoms with van der Waals surface area (Å²) in [6.07, 6.45) is 7.43. The van der Waals surface area contributed by atoms with Crippen molar-refractivity contribution < 1.29 is 4.74 Å². The summed E-state index contributed by atoms with van der Waals surface area (Å²) in [6.45, 7) is 2.23. The zero-order valence-corrected chi connectivity index (χ0v) is 13.5. The Hall–Kier alpha value is -0.580. The third kappa shape index (κ3) is 5.51. The number of rotatable bonds is 9. The van der Waals surface area contributed by atoms with Gasteiger partial charge >= 0.3 is 0 Å². The average molecular weight is 329 g/mol. The Labute approximate surface area is 125 Å². The molecular weight excluding hydrogens is 304 g/mol. The van der Waals surface area contributed by atoms with Crippen LogP contribution in [0.3, 0.4) is 0 Å². The number of ether oxygens (including phenoxy) is 1. The van der Waals surface area contributed by atoms with E-state index < -0.39 is 0 Å². The lowest BCUT2D eigenvalue weighted by atomic mass is 10.00. The molecule has 0 saturated carbocycles. The lowest BCUT2D eigenvalue weighted by Gasteiger charge is -2.18. The van der Waals surface area contributed by atoms with Crippen LogP contribution in [0.1, 0.15) is 57.1 Å². The molecule has 0 fully saturated rings. The van der Waals surface area contributed by atoms with E-state index in [9.17, 15) is 0 Å². The van der Waals surface area contributed by atoms with Gasteiger partial charge in [-0.2, -0.15) is 0 Å². The smallest absolute Gasteiger partial charge is 0.119 e. The van der Waals surface area contributed by atoms with Crippen molar-refractivity contribution in [2.45, 2.75) is 51.5 Å². The minimum atomic E-state index is 0.172. The Morgan fingerprint density at radius 3 is 2.63 bits per heavy atom. The Morgan fingerprint density at radius 2 is 2.00 bits per heavy atom. The van der Waals surface area contributed by atoms with E-state index in [1.807, 2.05) is 18.2 Å². The maximum absolute atomic E-state index is 5.69. The number of hydrazine groups is 1. The maximum Gasteiger partial charge on any atom is 0.119 e. The molecule has 1 atom stereocenters. The number of hydrogen-bond acceptors (Lipinski definition) is 3. The van der Waals surface area contributed by atoms with Crippen LogP contribution in [0.4, 0.5) is 0 Å². The van der Waals surface area contributed by atoms with Crippen LogP contribution < -0.4 is 16.0 Å². The number of nitrogens with two attached hydrogens (primary N) is 1. The molecule has 0 heterocycles. The maximum atomic E-state index is 5.69. The topological polar surface area (TPSA) is 47.3 Å². The lowest BCUT2D eigenvalue weighted by Crippen LogP contribution is -2.28. The second kappa shape index (κ2) is 9.34. The Balaban J connectivity index is 2.58. The van der Waals surface area contributed by atoms with Crippen molar-refractivity contribution in [3.63, 3.8) is 0 Å². The molecule has 0 spiro atoms. The van der Waals surface area contributed by atoms with Crippen molar-refractivity contribution in [1.29, 1.82) is 0 Å². The van der Waals surface area contributed by atoms with Crippen LogP contribution in [0.25, 0.3) is 0 Å². The third-order valence-corrected chi connectivity index (χ3v) is 4.10. The van der Waals surface area contributed by atoms with Crippen molar-refractivity contribution in [2.24, 2.45) is 5.84 Å². The first kappa shape index (κ1) is 16.5. The predicted octanol–water partition coefficient (Wildman–Crippen LogP) is 4.32. The number of methoxy groups -OCH3 is 1.